The molecule has 8 heteroatoms. The van der Waals surface area contributed by atoms with Crippen LogP contribution in [0.1, 0.15) is 32.7 Å². The number of nitrogens with one attached hydrogen (secondary N) is 3. The number of rotatable bonds is 4. The Morgan fingerprint density at radius 1 is 0.686 bits per heavy atom. The molecule has 0 fully saturated rings. The number of carbonyl (C=O) groups excluding carboxylic acids is 3. The van der Waals surface area contributed by atoms with E-state index in [2.05, 4.69) is 16.1 Å². The smallest absolute Gasteiger partial charge is 0.321 e. The summed E-state index contributed by atoms with van der Waals surface area (Å²) in [5.74, 6) is -2.23. The summed E-state index contributed by atoms with van der Waals surface area (Å²) >= 11 is 6.13. The van der Waals surface area contributed by atoms with Gasteiger partial charge in [0.2, 0.25) is 0 Å². The van der Waals surface area contributed by atoms with E-state index >= 15 is 0 Å². The van der Waals surface area contributed by atoms with E-state index in [1.165, 1.54) is 4.68 Å². The lowest BCUT2D eigenvalue weighted by Gasteiger charge is -2.13. The summed E-state index contributed by atoms with van der Waals surface area (Å²) in [6.45, 7) is 7.82. The van der Waals surface area contributed by atoms with Crippen molar-refractivity contribution < 1.29 is 14.4 Å². The SMILES string of the molecule is Cc1ccc(NC(=O)C(=O)Nn2c(C(=O)Nc3ccc(C)c(C)c3)cc3cc(Cl)ccc32)cc1C. The summed E-state index contributed by atoms with van der Waals surface area (Å²) in [5.41, 5.74) is 8.54. The van der Waals surface area contributed by atoms with E-state index in [1.807, 2.05) is 45.9 Å². The van der Waals surface area contributed by atoms with E-state index < -0.39 is 17.7 Å². The molecule has 0 atom stereocenters. The minimum Gasteiger partial charge on any atom is -0.321 e. The number of halogens is 1. The molecular weight excluding hydrogens is 464 g/mol. The summed E-state index contributed by atoms with van der Waals surface area (Å²) in [7, 11) is 0. The second-order valence-electron chi connectivity index (χ2n) is 8.52. The van der Waals surface area contributed by atoms with E-state index in [9.17, 15) is 14.4 Å². The molecule has 7 nitrogen and oxygen atoms in total. The van der Waals surface area contributed by atoms with E-state index in [0.29, 0.717) is 27.3 Å². The molecule has 0 spiro atoms. The van der Waals surface area contributed by atoms with Crippen molar-refractivity contribution in [3.63, 3.8) is 0 Å². The quantitative estimate of drug-likeness (QED) is 0.332. The maximum Gasteiger partial charge on any atom is 0.328 e. The van der Waals surface area contributed by atoms with E-state index in [0.717, 1.165) is 22.3 Å². The molecule has 0 aliphatic carbocycles. The first kappa shape index (κ1) is 24.0. The third-order valence-electron chi connectivity index (χ3n) is 5.95. The number of nitrogens with zero attached hydrogens (tertiary/aromatic N) is 1. The highest BCUT2D eigenvalue weighted by atomic mass is 35.5. The van der Waals surface area contributed by atoms with Crippen LogP contribution >= 0.6 is 11.6 Å². The third-order valence-corrected chi connectivity index (χ3v) is 6.18. The summed E-state index contributed by atoms with van der Waals surface area (Å²) in [6.07, 6.45) is 0. The van der Waals surface area contributed by atoms with Crippen molar-refractivity contribution in [2.24, 2.45) is 0 Å². The lowest BCUT2D eigenvalue weighted by Crippen LogP contribution is -2.36. The molecule has 3 N–H and O–H groups in total. The molecule has 35 heavy (non-hydrogen) atoms. The molecule has 0 aliphatic rings. The number of benzene rings is 3. The van der Waals surface area contributed by atoms with Crippen molar-refractivity contribution in [3.05, 3.63) is 93.6 Å². The van der Waals surface area contributed by atoms with Gasteiger partial charge in [0.1, 0.15) is 5.69 Å². The Bertz CT molecular complexity index is 1490. The second-order valence-corrected chi connectivity index (χ2v) is 8.95. The van der Waals surface area contributed by atoms with Gasteiger partial charge < -0.3 is 10.6 Å². The molecular formula is C27H25ClN4O3. The van der Waals surface area contributed by atoms with Gasteiger partial charge in [-0.05, 0) is 98.5 Å². The number of amides is 3. The van der Waals surface area contributed by atoms with Crippen LogP contribution in [0, 0.1) is 27.7 Å². The zero-order valence-corrected chi connectivity index (χ0v) is 20.6. The Labute approximate surface area is 208 Å². The standard InChI is InChI=1S/C27H25ClN4O3/c1-15-5-8-21(11-17(15)3)29-25(33)24-14-19-13-20(28)7-10-23(19)32(24)31-27(35)26(34)30-22-9-6-16(2)18(4)12-22/h5-14H,1-4H3,(H,29,33)(H,30,34)(H,31,35). The van der Waals surface area contributed by atoms with Crippen molar-refractivity contribution in [2.75, 3.05) is 16.1 Å². The van der Waals surface area contributed by atoms with Gasteiger partial charge in [-0.15, -0.1) is 0 Å². The molecule has 0 saturated carbocycles. The number of hydrogen-bond donors (Lipinski definition) is 3. The molecule has 3 aromatic carbocycles. The fraction of sp³-hybridized carbons (Fsp3) is 0.148. The van der Waals surface area contributed by atoms with E-state index in [1.54, 1.807) is 42.5 Å². The predicted octanol–water partition coefficient (Wildman–Crippen LogP) is 5.49. The molecule has 4 rings (SSSR count). The maximum absolute atomic E-state index is 13.2. The number of anilines is 2. The van der Waals surface area contributed by atoms with Crippen molar-refractivity contribution in [3.8, 4) is 0 Å². The van der Waals surface area contributed by atoms with Crippen LogP contribution in [0.2, 0.25) is 5.02 Å². The Morgan fingerprint density at radius 3 is 1.89 bits per heavy atom. The van der Waals surface area contributed by atoms with Crippen LogP contribution in [-0.2, 0) is 9.59 Å². The zero-order valence-electron chi connectivity index (χ0n) is 19.8. The molecule has 1 heterocycles. The summed E-state index contributed by atoms with van der Waals surface area (Å²) in [5, 5.41) is 6.56. The van der Waals surface area contributed by atoms with Crippen molar-refractivity contribution in [1.29, 1.82) is 0 Å². The van der Waals surface area contributed by atoms with Crippen LogP contribution in [0.4, 0.5) is 11.4 Å². The fourth-order valence-corrected chi connectivity index (χ4v) is 3.83. The van der Waals surface area contributed by atoms with Crippen molar-refractivity contribution in [1.82, 2.24) is 4.68 Å². The van der Waals surface area contributed by atoms with Gasteiger partial charge in [0.15, 0.2) is 0 Å². The summed E-state index contributed by atoms with van der Waals surface area (Å²) in [4.78, 5) is 38.6. The largest absolute Gasteiger partial charge is 0.328 e. The lowest BCUT2D eigenvalue weighted by atomic mass is 10.1. The first-order valence-corrected chi connectivity index (χ1v) is 11.4. The average Bonchev–Trinajstić information content (AvgIpc) is 3.16. The van der Waals surface area contributed by atoms with Crippen LogP contribution in [-0.4, -0.2) is 22.4 Å². The molecule has 0 bridgehead atoms. The molecule has 4 aromatic rings. The van der Waals surface area contributed by atoms with E-state index in [-0.39, 0.29) is 5.69 Å². The van der Waals surface area contributed by atoms with Gasteiger partial charge in [0, 0.05) is 21.8 Å². The minimum absolute atomic E-state index is 0.146. The van der Waals surface area contributed by atoms with Crippen LogP contribution < -0.4 is 16.1 Å². The third kappa shape index (κ3) is 5.20. The topological polar surface area (TPSA) is 92.2 Å². The van der Waals surface area contributed by atoms with Gasteiger partial charge in [-0.1, -0.05) is 23.7 Å². The normalized spacial score (nSPS) is 10.8. The lowest BCUT2D eigenvalue weighted by molar-refractivity contribution is -0.133. The van der Waals surface area contributed by atoms with Gasteiger partial charge in [-0.25, -0.2) is 4.68 Å². The first-order valence-electron chi connectivity index (χ1n) is 11.0. The molecule has 0 aliphatic heterocycles. The number of carbonyl (C=O) groups is 3. The van der Waals surface area contributed by atoms with Crippen LogP contribution in [0.25, 0.3) is 10.9 Å². The average molecular weight is 489 g/mol. The van der Waals surface area contributed by atoms with Gasteiger partial charge in [-0.2, -0.15) is 0 Å². The van der Waals surface area contributed by atoms with Gasteiger partial charge in [-0.3, -0.25) is 19.8 Å². The molecule has 3 amide bonds. The summed E-state index contributed by atoms with van der Waals surface area (Å²) in [6, 6.07) is 17.6. The second kappa shape index (κ2) is 9.64. The summed E-state index contributed by atoms with van der Waals surface area (Å²) < 4.78 is 1.30. The number of fused-ring (bicyclic) bond motifs is 1. The Morgan fingerprint density at radius 2 is 1.29 bits per heavy atom. The maximum atomic E-state index is 13.2. The minimum atomic E-state index is -0.920. The molecule has 0 saturated heterocycles. The molecule has 0 radical (unpaired) electrons. The molecule has 178 valence electrons. The van der Waals surface area contributed by atoms with Crippen LogP contribution in [0.3, 0.4) is 0 Å². The van der Waals surface area contributed by atoms with Crippen molar-refractivity contribution >= 4 is 51.6 Å². The monoisotopic (exact) mass is 488 g/mol. The Kier molecular flexibility index (Phi) is 6.62. The zero-order chi connectivity index (χ0) is 25.3. The highest BCUT2D eigenvalue weighted by Crippen LogP contribution is 2.24. The van der Waals surface area contributed by atoms with Crippen LogP contribution in [0.5, 0.6) is 0 Å². The Balaban J connectivity index is 1.62. The predicted molar refractivity (Wildman–Crippen MR) is 140 cm³/mol. The molecule has 1 aromatic heterocycles. The highest BCUT2D eigenvalue weighted by molar-refractivity contribution is 6.42. The van der Waals surface area contributed by atoms with Gasteiger partial charge >= 0.3 is 11.8 Å². The van der Waals surface area contributed by atoms with Crippen molar-refractivity contribution in [2.45, 2.75) is 27.7 Å². The first-order chi connectivity index (χ1) is 16.6. The van der Waals surface area contributed by atoms with E-state index in [4.69, 9.17) is 11.6 Å². The van der Waals surface area contributed by atoms with Gasteiger partial charge in [0.05, 0.1) is 5.52 Å². The Hall–Kier alpha value is -4.10. The number of aromatic nitrogens is 1. The van der Waals surface area contributed by atoms with Gasteiger partial charge in [0.25, 0.3) is 5.91 Å². The highest BCUT2D eigenvalue weighted by Gasteiger charge is 2.21. The van der Waals surface area contributed by atoms with Crippen LogP contribution in [0.15, 0.2) is 60.7 Å². The number of hydrogen-bond acceptors (Lipinski definition) is 3. The molecule has 0 unspecified atom stereocenters. The fourth-order valence-electron chi connectivity index (χ4n) is 3.65. The number of aryl methyl sites for hydroxylation is 4.